The predicted molar refractivity (Wildman–Crippen MR) is 85.9 cm³/mol. The molecule has 20 heavy (non-hydrogen) atoms. The average Bonchev–Trinajstić information content (AvgIpc) is 2.87. The van der Waals surface area contributed by atoms with Crippen molar-refractivity contribution >= 4 is 0 Å². The van der Waals surface area contributed by atoms with Crippen LogP contribution in [0.15, 0.2) is 0 Å². The lowest BCUT2D eigenvalue weighted by atomic mass is 9.69. The van der Waals surface area contributed by atoms with E-state index in [0.717, 1.165) is 23.9 Å². The molecule has 3 rings (SSSR count). The van der Waals surface area contributed by atoms with E-state index in [-0.39, 0.29) is 0 Å². The molecule has 0 radical (unpaired) electrons. The SMILES string of the molecule is CNC1CCC(C)(C)CC1CN1CCCC2CCCC21. The van der Waals surface area contributed by atoms with E-state index in [1.54, 1.807) is 0 Å². The second-order valence-corrected chi connectivity index (χ2v) is 8.46. The van der Waals surface area contributed by atoms with E-state index in [0.29, 0.717) is 5.41 Å². The van der Waals surface area contributed by atoms with Gasteiger partial charge in [0, 0.05) is 18.6 Å². The van der Waals surface area contributed by atoms with E-state index in [2.05, 4.69) is 31.1 Å². The van der Waals surface area contributed by atoms with Crippen LogP contribution in [0, 0.1) is 17.3 Å². The summed E-state index contributed by atoms with van der Waals surface area (Å²) in [6.07, 6.45) is 11.6. The summed E-state index contributed by atoms with van der Waals surface area (Å²) in [5, 5.41) is 3.61. The van der Waals surface area contributed by atoms with Crippen LogP contribution >= 0.6 is 0 Å². The molecule has 1 heterocycles. The Kier molecular flexibility index (Phi) is 4.42. The lowest BCUT2D eigenvalue weighted by Crippen LogP contribution is -2.51. The summed E-state index contributed by atoms with van der Waals surface area (Å²) >= 11 is 0. The topological polar surface area (TPSA) is 15.3 Å². The van der Waals surface area contributed by atoms with Gasteiger partial charge in [0.15, 0.2) is 0 Å². The largest absolute Gasteiger partial charge is 0.317 e. The van der Waals surface area contributed by atoms with Crippen molar-refractivity contribution in [3.63, 3.8) is 0 Å². The number of likely N-dealkylation sites (tertiary alicyclic amines) is 1. The third-order valence-corrected chi connectivity index (χ3v) is 6.46. The lowest BCUT2D eigenvalue weighted by Gasteiger charge is -2.46. The zero-order chi connectivity index (χ0) is 14.2. The molecular weight excluding hydrogens is 244 g/mol. The molecule has 0 aromatic carbocycles. The first-order valence-corrected chi connectivity index (χ1v) is 9.00. The van der Waals surface area contributed by atoms with Crippen molar-refractivity contribution < 1.29 is 0 Å². The molecule has 2 saturated carbocycles. The minimum atomic E-state index is 0.558. The first-order chi connectivity index (χ1) is 9.59. The smallest absolute Gasteiger partial charge is 0.0124 e. The number of nitrogens with zero attached hydrogens (tertiary/aromatic N) is 1. The van der Waals surface area contributed by atoms with Crippen molar-refractivity contribution in [1.29, 1.82) is 0 Å². The van der Waals surface area contributed by atoms with Crippen molar-refractivity contribution in [2.75, 3.05) is 20.1 Å². The second kappa shape index (κ2) is 5.96. The fourth-order valence-corrected chi connectivity index (χ4v) is 5.39. The third-order valence-electron chi connectivity index (χ3n) is 6.46. The highest BCUT2D eigenvalue weighted by molar-refractivity contribution is 4.94. The van der Waals surface area contributed by atoms with Crippen LogP contribution in [0.25, 0.3) is 0 Å². The molecule has 1 saturated heterocycles. The molecular formula is C18H34N2. The minimum Gasteiger partial charge on any atom is -0.317 e. The van der Waals surface area contributed by atoms with Crippen LogP contribution in [-0.2, 0) is 0 Å². The summed E-state index contributed by atoms with van der Waals surface area (Å²) in [6.45, 7) is 7.67. The average molecular weight is 278 g/mol. The van der Waals surface area contributed by atoms with Crippen LogP contribution in [0.5, 0.6) is 0 Å². The van der Waals surface area contributed by atoms with Crippen LogP contribution in [0.1, 0.15) is 65.2 Å². The molecule has 2 aliphatic carbocycles. The Bertz CT molecular complexity index is 325. The molecule has 4 unspecified atom stereocenters. The van der Waals surface area contributed by atoms with Crippen molar-refractivity contribution in [1.82, 2.24) is 10.2 Å². The van der Waals surface area contributed by atoms with Crippen LogP contribution in [0.2, 0.25) is 0 Å². The maximum atomic E-state index is 3.61. The minimum absolute atomic E-state index is 0.558. The summed E-state index contributed by atoms with van der Waals surface area (Å²) in [4.78, 5) is 2.89. The third kappa shape index (κ3) is 3.06. The molecule has 0 spiro atoms. The Morgan fingerprint density at radius 3 is 2.70 bits per heavy atom. The summed E-state index contributed by atoms with van der Waals surface area (Å²) in [7, 11) is 2.17. The zero-order valence-corrected chi connectivity index (χ0v) is 13.8. The van der Waals surface area contributed by atoms with Gasteiger partial charge in [0.1, 0.15) is 0 Å². The fourth-order valence-electron chi connectivity index (χ4n) is 5.39. The number of nitrogens with one attached hydrogen (secondary N) is 1. The maximum Gasteiger partial charge on any atom is 0.0124 e. The van der Waals surface area contributed by atoms with Gasteiger partial charge in [0.2, 0.25) is 0 Å². The monoisotopic (exact) mass is 278 g/mol. The molecule has 0 aromatic heterocycles. The predicted octanol–water partition coefficient (Wildman–Crippen LogP) is 3.67. The quantitative estimate of drug-likeness (QED) is 0.847. The van der Waals surface area contributed by atoms with Crippen LogP contribution in [-0.4, -0.2) is 37.1 Å². The molecule has 2 nitrogen and oxygen atoms in total. The van der Waals surface area contributed by atoms with Crippen molar-refractivity contribution in [2.24, 2.45) is 17.3 Å². The summed E-state index contributed by atoms with van der Waals surface area (Å²) in [6, 6.07) is 1.69. The van der Waals surface area contributed by atoms with E-state index in [4.69, 9.17) is 0 Å². The standard InChI is InChI=1S/C18H34N2/c1-18(2)10-9-16(19-3)15(12-18)13-20-11-5-7-14-6-4-8-17(14)20/h14-17,19H,4-13H2,1-3H3. The molecule has 4 atom stereocenters. The Morgan fingerprint density at radius 1 is 1.10 bits per heavy atom. The van der Waals surface area contributed by atoms with Crippen LogP contribution in [0.4, 0.5) is 0 Å². The van der Waals surface area contributed by atoms with Gasteiger partial charge in [-0.2, -0.15) is 0 Å². The number of fused-ring (bicyclic) bond motifs is 1. The zero-order valence-electron chi connectivity index (χ0n) is 13.8. The molecule has 0 aromatic rings. The molecule has 1 aliphatic heterocycles. The first-order valence-electron chi connectivity index (χ1n) is 9.00. The van der Waals surface area contributed by atoms with Gasteiger partial charge in [0.25, 0.3) is 0 Å². The second-order valence-electron chi connectivity index (χ2n) is 8.46. The van der Waals surface area contributed by atoms with E-state index >= 15 is 0 Å². The van der Waals surface area contributed by atoms with E-state index in [1.807, 2.05) is 0 Å². The fraction of sp³-hybridized carbons (Fsp3) is 1.00. The Labute approximate surface area is 125 Å². The number of hydrogen-bond donors (Lipinski definition) is 1. The number of piperidine rings is 1. The molecule has 1 N–H and O–H groups in total. The van der Waals surface area contributed by atoms with E-state index < -0.39 is 0 Å². The Balaban J connectivity index is 1.65. The van der Waals surface area contributed by atoms with Crippen LogP contribution < -0.4 is 5.32 Å². The highest BCUT2D eigenvalue weighted by atomic mass is 15.2. The van der Waals surface area contributed by atoms with Gasteiger partial charge in [-0.05, 0) is 75.8 Å². The highest BCUT2D eigenvalue weighted by Gasteiger charge is 2.39. The van der Waals surface area contributed by atoms with Crippen molar-refractivity contribution in [2.45, 2.75) is 77.3 Å². The first kappa shape index (κ1) is 14.8. The van der Waals surface area contributed by atoms with Gasteiger partial charge in [-0.15, -0.1) is 0 Å². The van der Waals surface area contributed by atoms with Gasteiger partial charge < -0.3 is 5.32 Å². The molecule has 2 heteroatoms. The van der Waals surface area contributed by atoms with E-state index in [1.165, 1.54) is 64.5 Å². The highest BCUT2D eigenvalue weighted by Crippen LogP contribution is 2.41. The molecule has 0 amide bonds. The van der Waals surface area contributed by atoms with Crippen molar-refractivity contribution in [3.05, 3.63) is 0 Å². The van der Waals surface area contributed by atoms with Gasteiger partial charge in [-0.25, -0.2) is 0 Å². The molecule has 3 fully saturated rings. The normalized spacial score (nSPS) is 41.5. The van der Waals surface area contributed by atoms with Crippen molar-refractivity contribution in [3.8, 4) is 0 Å². The lowest BCUT2D eigenvalue weighted by molar-refractivity contribution is 0.0524. The summed E-state index contributed by atoms with van der Waals surface area (Å²) < 4.78 is 0. The van der Waals surface area contributed by atoms with Gasteiger partial charge in [-0.3, -0.25) is 4.90 Å². The van der Waals surface area contributed by atoms with Crippen LogP contribution in [0.3, 0.4) is 0 Å². The van der Waals surface area contributed by atoms with Gasteiger partial charge in [0.05, 0.1) is 0 Å². The molecule has 0 bridgehead atoms. The number of hydrogen-bond acceptors (Lipinski definition) is 2. The molecule has 116 valence electrons. The Morgan fingerprint density at radius 2 is 1.90 bits per heavy atom. The van der Waals surface area contributed by atoms with E-state index in [9.17, 15) is 0 Å². The molecule has 3 aliphatic rings. The summed E-state index contributed by atoms with van der Waals surface area (Å²) in [5.74, 6) is 1.90. The van der Waals surface area contributed by atoms with Gasteiger partial charge in [-0.1, -0.05) is 20.3 Å². The van der Waals surface area contributed by atoms with Gasteiger partial charge >= 0.3 is 0 Å². The Hall–Kier alpha value is -0.0800. The summed E-state index contributed by atoms with van der Waals surface area (Å²) in [5.41, 5.74) is 0.558. The maximum absolute atomic E-state index is 3.61. The number of rotatable bonds is 3.